The van der Waals surface area contributed by atoms with Gasteiger partial charge in [0.05, 0.1) is 0 Å². The molecule has 0 bridgehead atoms. The highest BCUT2D eigenvalue weighted by atomic mass is 19.4. The fourth-order valence-electron chi connectivity index (χ4n) is 1.05. The molecular weight excluding hydrogens is 304 g/mol. The summed E-state index contributed by atoms with van der Waals surface area (Å²) in [6, 6.07) is 0.578. The molecule has 0 amide bonds. The van der Waals surface area contributed by atoms with Crippen molar-refractivity contribution < 1.29 is 44.7 Å². The van der Waals surface area contributed by atoms with Crippen LogP contribution in [0.25, 0.3) is 0 Å². The molecule has 112 valence electrons. The van der Waals surface area contributed by atoms with Gasteiger partial charge in [0.1, 0.15) is 6.61 Å². The van der Waals surface area contributed by atoms with Crippen LogP contribution in [0, 0.1) is 17.5 Å². The number of hydrogen-bond acceptors (Lipinski definition) is 2. The van der Waals surface area contributed by atoms with Crippen LogP contribution in [0.4, 0.5) is 35.1 Å². The van der Waals surface area contributed by atoms with Crippen molar-refractivity contribution >= 4 is 5.97 Å². The minimum absolute atomic E-state index is 0.289. The Morgan fingerprint density at radius 1 is 1.00 bits per heavy atom. The first-order chi connectivity index (χ1) is 8.96. The van der Waals surface area contributed by atoms with E-state index < -0.39 is 47.7 Å². The molecule has 20 heavy (non-hydrogen) atoms. The van der Waals surface area contributed by atoms with Gasteiger partial charge in [0.25, 0.3) is 0 Å². The van der Waals surface area contributed by atoms with E-state index >= 15 is 0 Å². The van der Waals surface area contributed by atoms with Gasteiger partial charge in [0, 0.05) is 0 Å². The molecule has 0 saturated heterocycles. The second kappa shape index (κ2) is 5.25. The molecule has 0 aliphatic carbocycles. The average Bonchev–Trinajstić information content (AvgIpc) is 2.31. The van der Waals surface area contributed by atoms with E-state index in [4.69, 9.17) is 0 Å². The highest BCUT2D eigenvalue weighted by Gasteiger charge is 2.64. The van der Waals surface area contributed by atoms with Crippen LogP contribution in [0.1, 0.15) is 5.56 Å². The summed E-state index contributed by atoms with van der Waals surface area (Å²) in [5.74, 6) is -14.0. The summed E-state index contributed by atoms with van der Waals surface area (Å²) in [7, 11) is 0. The van der Waals surface area contributed by atoms with Gasteiger partial charge in [-0.1, -0.05) is 0 Å². The van der Waals surface area contributed by atoms with Crippen molar-refractivity contribution in [1.29, 1.82) is 0 Å². The second-order valence-electron chi connectivity index (χ2n) is 3.52. The molecule has 1 aromatic carbocycles. The molecule has 0 atom stereocenters. The van der Waals surface area contributed by atoms with Crippen LogP contribution in [0.3, 0.4) is 0 Å². The topological polar surface area (TPSA) is 26.3 Å². The van der Waals surface area contributed by atoms with Crippen LogP contribution in [-0.4, -0.2) is 18.1 Å². The maximum atomic E-state index is 12.7. The Morgan fingerprint density at radius 3 is 1.85 bits per heavy atom. The lowest BCUT2D eigenvalue weighted by atomic mass is 10.2. The molecule has 0 aliphatic heterocycles. The number of alkyl halides is 5. The number of hydrogen-bond donors (Lipinski definition) is 0. The third kappa shape index (κ3) is 3.17. The molecule has 0 aliphatic rings. The lowest BCUT2D eigenvalue weighted by Crippen LogP contribution is -2.45. The van der Waals surface area contributed by atoms with Crippen LogP contribution in [0.5, 0.6) is 0 Å². The number of rotatable bonds is 3. The summed E-state index contributed by atoms with van der Waals surface area (Å²) >= 11 is 0. The Bertz CT molecular complexity index is 499. The van der Waals surface area contributed by atoms with Gasteiger partial charge in [-0.05, 0) is 17.7 Å². The average molecular weight is 308 g/mol. The van der Waals surface area contributed by atoms with Crippen LogP contribution in [0.15, 0.2) is 12.1 Å². The van der Waals surface area contributed by atoms with Crippen LogP contribution < -0.4 is 0 Å². The van der Waals surface area contributed by atoms with E-state index in [-0.39, 0.29) is 12.1 Å². The standard InChI is InChI=1S/C10H4F8O2/c11-5-1-4(2-6(12)7(5)13)3-20-8(19)9(14,15)10(16,17)18/h1-2H,3H2. The van der Waals surface area contributed by atoms with Gasteiger partial charge in [0.2, 0.25) is 0 Å². The highest BCUT2D eigenvalue weighted by molar-refractivity contribution is 5.78. The minimum atomic E-state index is -6.16. The Kier molecular flexibility index (Phi) is 4.25. The van der Waals surface area contributed by atoms with Crippen molar-refractivity contribution in [1.82, 2.24) is 0 Å². The number of carbonyl (C=O) groups is 1. The molecule has 0 unspecified atom stereocenters. The summed E-state index contributed by atoms with van der Waals surface area (Å²) < 4.78 is 102. The van der Waals surface area contributed by atoms with Crippen molar-refractivity contribution in [2.45, 2.75) is 18.7 Å². The van der Waals surface area contributed by atoms with E-state index in [0.29, 0.717) is 0 Å². The van der Waals surface area contributed by atoms with Crippen LogP contribution >= 0.6 is 0 Å². The van der Waals surface area contributed by atoms with Crippen molar-refractivity contribution in [2.75, 3.05) is 0 Å². The Hall–Kier alpha value is -1.87. The molecular formula is C10H4F8O2. The predicted octanol–water partition coefficient (Wildman–Crippen LogP) is 3.34. The van der Waals surface area contributed by atoms with Gasteiger partial charge in [-0.3, -0.25) is 0 Å². The quantitative estimate of drug-likeness (QED) is 0.486. The molecule has 0 N–H and O–H groups in total. The lowest BCUT2D eigenvalue weighted by Gasteiger charge is -2.17. The lowest BCUT2D eigenvalue weighted by molar-refractivity contribution is -0.281. The molecule has 2 nitrogen and oxygen atoms in total. The van der Waals surface area contributed by atoms with Gasteiger partial charge in [-0.15, -0.1) is 0 Å². The minimum Gasteiger partial charge on any atom is -0.456 e. The third-order valence-electron chi connectivity index (χ3n) is 2.03. The van der Waals surface area contributed by atoms with E-state index in [2.05, 4.69) is 4.74 Å². The molecule has 0 heterocycles. The molecule has 0 fully saturated rings. The third-order valence-corrected chi connectivity index (χ3v) is 2.03. The number of esters is 1. The zero-order valence-corrected chi connectivity index (χ0v) is 9.20. The van der Waals surface area contributed by atoms with Crippen molar-refractivity contribution in [2.24, 2.45) is 0 Å². The number of ether oxygens (including phenoxy) is 1. The number of carbonyl (C=O) groups excluding carboxylic acids is 1. The van der Waals surface area contributed by atoms with E-state index in [9.17, 15) is 39.9 Å². The normalized spacial score (nSPS) is 12.4. The fraction of sp³-hybridized carbons (Fsp3) is 0.300. The van der Waals surface area contributed by atoms with Crippen LogP contribution in [0.2, 0.25) is 0 Å². The van der Waals surface area contributed by atoms with E-state index in [1.54, 1.807) is 0 Å². The summed E-state index contributed by atoms with van der Waals surface area (Å²) in [6.07, 6.45) is -6.16. The van der Waals surface area contributed by atoms with E-state index in [0.717, 1.165) is 0 Å². The van der Waals surface area contributed by atoms with Crippen molar-refractivity contribution in [3.8, 4) is 0 Å². The first-order valence-corrected chi connectivity index (χ1v) is 4.72. The van der Waals surface area contributed by atoms with Gasteiger partial charge in [0.15, 0.2) is 17.5 Å². The molecule has 0 saturated carbocycles. The van der Waals surface area contributed by atoms with Gasteiger partial charge in [-0.25, -0.2) is 18.0 Å². The highest BCUT2D eigenvalue weighted by Crippen LogP contribution is 2.36. The predicted molar refractivity (Wildman–Crippen MR) is 47.1 cm³/mol. The summed E-state index contributed by atoms with van der Waals surface area (Å²) in [6.45, 7) is -1.28. The fourth-order valence-corrected chi connectivity index (χ4v) is 1.05. The second-order valence-corrected chi connectivity index (χ2v) is 3.52. The number of halogens is 8. The van der Waals surface area contributed by atoms with Gasteiger partial charge >= 0.3 is 18.1 Å². The van der Waals surface area contributed by atoms with E-state index in [1.807, 2.05) is 0 Å². The molecule has 0 spiro atoms. The maximum absolute atomic E-state index is 12.7. The Labute approximate surface area is 105 Å². The largest absolute Gasteiger partial charge is 0.465 e. The van der Waals surface area contributed by atoms with Crippen molar-refractivity contribution in [3.05, 3.63) is 35.1 Å². The monoisotopic (exact) mass is 308 g/mol. The Balaban J connectivity index is 2.81. The van der Waals surface area contributed by atoms with Crippen molar-refractivity contribution in [3.63, 3.8) is 0 Å². The molecule has 0 aromatic heterocycles. The smallest absolute Gasteiger partial charge is 0.456 e. The molecule has 10 heteroatoms. The first-order valence-electron chi connectivity index (χ1n) is 4.72. The summed E-state index contributed by atoms with van der Waals surface area (Å²) in [5, 5.41) is 0. The van der Waals surface area contributed by atoms with Gasteiger partial charge < -0.3 is 4.74 Å². The molecule has 0 radical (unpaired) electrons. The first kappa shape index (κ1) is 16.2. The molecule has 1 aromatic rings. The summed E-state index contributed by atoms with van der Waals surface area (Å²) in [5.41, 5.74) is -0.632. The number of benzene rings is 1. The van der Waals surface area contributed by atoms with Crippen LogP contribution in [-0.2, 0) is 16.1 Å². The Morgan fingerprint density at radius 2 is 1.45 bits per heavy atom. The van der Waals surface area contributed by atoms with Gasteiger partial charge in [-0.2, -0.15) is 22.0 Å². The maximum Gasteiger partial charge on any atom is 0.465 e. The van der Waals surface area contributed by atoms with E-state index in [1.165, 1.54) is 0 Å². The zero-order chi connectivity index (χ0) is 15.7. The summed E-state index contributed by atoms with van der Waals surface area (Å²) in [4.78, 5) is 10.6. The molecule has 1 rings (SSSR count). The SMILES string of the molecule is O=C(OCc1cc(F)c(F)c(F)c1)C(F)(F)C(F)(F)F. The zero-order valence-electron chi connectivity index (χ0n) is 9.20.